The summed E-state index contributed by atoms with van der Waals surface area (Å²) in [5.41, 5.74) is 0. The minimum Gasteiger partial charge on any atom is -0.465 e. The van der Waals surface area contributed by atoms with Crippen LogP contribution in [0.2, 0.25) is 0 Å². The van der Waals surface area contributed by atoms with Gasteiger partial charge in [0.1, 0.15) is 5.76 Å². The van der Waals surface area contributed by atoms with Crippen LogP contribution in [0.25, 0.3) is 6.08 Å². The molecule has 0 saturated carbocycles. The number of rotatable bonds is 5. The van der Waals surface area contributed by atoms with E-state index in [1.807, 2.05) is 6.92 Å². The van der Waals surface area contributed by atoms with E-state index in [9.17, 15) is 9.18 Å². The molecule has 0 fully saturated rings. The molecule has 0 saturated heterocycles. The van der Waals surface area contributed by atoms with Gasteiger partial charge < -0.3 is 4.42 Å². The fraction of sp³-hybridized carbons (Fsp3) is 0.364. The number of carbonyl (C=O) groups excluding carboxylic acids is 1. The molecule has 76 valence electrons. The van der Waals surface area contributed by atoms with Gasteiger partial charge in [-0.25, -0.2) is 4.39 Å². The largest absolute Gasteiger partial charge is 0.465 e. The summed E-state index contributed by atoms with van der Waals surface area (Å²) in [7, 11) is 0. The summed E-state index contributed by atoms with van der Waals surface area (Å²) in [6, 6.07) is 3.25. The first-order valence-electron chi connectivity index (χ1n) is 4.68. The first kappa shape index (κ1) is 10.7. The summed E-state index contributed by atoms with van der Waals surface area (Å²) < 4.78 is 18.0. The highest BCUT2D eigenvalue weighted by Gasteiger charge is 2.08. The molecule has 1 aromatic heterocycles. The minimum absolute atomic E-state index is 0.263. The Bertz CT molecular complexity index is 312. The lowest BCUT2D eigenvalue weighted by atomic mass is 10.1. The van der Waals surface area contributed by atoms with Gasteiger partial charge in [0.05, 0.1) is 6.26 Å². The van der Waals surface area contributed by atoms with Crippen molar-refractivity contribution in [2.45, 2.75) is 26.2 Å². The van der Waals surface area contributed by atoms with Crippen LogP contribution in [0.4, 0.5) is 4.39 Å². The van der Waals surface area contributed by atoms with Crippen molar-refractivity contribution in [1.82, 2.24) is 0 Å². The third-order valence-corrected chi connectivity index (χ3v) is 1.84. The molecular formula is C11H13FO2. The van der Waals surface area contributed by atoms with Crippen molar-refractivity contribution in [1.29, 1.82) is 0 Å². The molecule has 1 heterocycles. The molecule has 0 aliphatic carbocycles. The second-order valence-electron chi connectivity index (χ2n) is 3.03. The Morgan fingerprint density at radius 3 is 3.00 bits per heavy atom. The molecule has 0 atom stereocenters. The van der Waals surface area contributed by atoms with Crippen LogP contribution in [0, 0.1) is 0 Å². The average molecular weight is 196 g/mol. The number of Topliss-reactive ketones (excluding diaryl/α,β-unsaturated/α-hetero) is 1. The number of hydrogen-bond acceptors (Lipinski definition) is 2. The van der Waals surface area contributed by atoms with Crippen LogP contribution in [0.5, 0.6) is 0 Å². The van der Waals surface area contributed by atoms with E-state index < -0.39 is 11.6 Å². The van der Waals surface area contributed by atoms with E-state index in [2.05, 4.69) is 0 Å². The molecule has 14 heavy (non-hydrogen) atoms. The highest BCUT2D eigenvalue weighted by Crippen LogP contribution is 2.12. The van der Waals surface area contributed by atoms with Crippen molar-refractivity contribution >= 4 is 11.9 Å². The number of carbonyl (C=O) groups is 1. The van der Waals surface area contributed by atoms with E-state index in [-0.39, 0.29) is 6.42 Å². The third kappa shape index (κ3) is 3.17. The Hall–Kier alpha value is -1.38. The number of furan rings is 1. The Kier molecular flexibility index (Phi) is 4.11. The van der Waals surface area contributed by atoms with Gasteiger partial charge in [-0.15, -0.1) is 0 Å². The lowest BCUT2D eigenvalue weighted by molar-refractivity contribution is -0.116. The molecule has 0 aliphatic rings. The van der Waals surface area contributed by atoms with Gasteiger partial charge in [0, 0.05) is 12.5 Å². The van der Waals surface area contributed by atoms with E-state index in [0.29, 0.717) is 5.76 Å². The van der Waals surface area contributed by atoms with Gasteiger partial charge in [0.15, 0.2) is 11.6 Å². The van der Waals surface area contributed by atoms with Crippen molar-refractivity contribution < 1.29 is 13.6 Å². The molecule has 2 nitrogen and oxygen atoms in total. The summed E-state index contributed by atoms with van der Waals surface area (Å²) in [6.07, 6.45) is 4.44. The van der Waals surface area contributed by atoms with Crippen LogP contribution in [-0.2, 0) is 4.79 Å². The van der Waals surface area contributed by atoms with Crippen molar-refractivity contribution in [2.75, 3.05) is 0 Å². The Labute approximate surface area is 82.4 Å². The lowest BCUT2D eigenvalue weighted by Gasteiger charge is -1.94. The van der Waals surface area contributed by atoms with E-state index in [4.69, 9.17) is 4.42 Å². The fourth-order valence-corrected chi connectivity index (χ4v) is 1.04. The SMILES string of the molecule is CCCCC(=O)/C(F)=C/c1ccco1. The van der Waals surface area contributed by atoms with Gasteiger partial charge in [-0.2, -0.15) is 0 Å². The Balaban J connectivity index is 2.56. The molecule has 0 aliphatic heterocycles. The van der Waals surface area contributed by atoms with Gasteiger partial charge in [-0.1, -0.05) is 13.3 Å². The molecular weight excluding hydrogens is 183 g/mol. The standard InChI is InChI=1S/C11H13FO2/c1-2-3-6-11(13)10(12)8-9-5-4-7-14-9/h4-5,7-8H,2-3,6H2,1H3/b10-8-. The van der Waals surface area contributed by atoms with Crippen LogP contribution < -0.4 is 0 Å². The zero-order valence-electron chi connectivity index (χ0n) is 8.13. The summed E-state index contributed by atoms with van der Waals surface area (Å²) >= 11 is 0. The maximum Gasteiger partial charge on any atom is 0.191 e. The van der Waals surface area contributed by atoms with Crippen molar-refractivity contribution in [3.8, 4) is 0 Å². The highest BCUT2D eigenvalue weighted by atomic mass is 19.1. The number of ketones is 1. The van der Waals surface area contributed by atoms with Gasteiger partial charge in [0.2, 0.25) is 0 Å². The monoisotopic (exact) mass is 196 g/mol. The van der Waals surface area contributed by atoms with Crippen LogP contribution >= 0.6 is 0 Å². The van der Waals surface area contributed by atoms with Gasteiger partial charge in [-0.05, 0) is 18.6 Å². The fourth-order valence-electron chi connectivity index (χ4n) is 1.04. The molecule has 0 unspecified atom stereocenters. The smallest absolute Gasteiger partial charge is 0.191 e. The van der Waals surface area contributed by atoms with Crippen molar-refractivity contribution in [2.24, 2.45) is 0 Å². The van der Waals surface area contributed by atoms with E-state index in [1.165, 1.54) is 6.26 Å². The zero-order valence-corrected chi connectivity index (χ0v) is 8.13. The van der Waals surface area contributed by atoms with E-state index in [1.54, 1.807) is 12.1 Å². The number of hydrogen-bond donors (Lipinski definition) is 0. The third-order valence-electron chi connectivity index (χ3n) is 1.84. The quantitative estimate of drug-likeness (QED) is 0.676. The summed E-state index contributed by atoms with van der Waals surface area (Å²) in [6.45, 7) is 1.96. The highest BCUT2D eigenvalue weighted by molar-refractivity contribution is 5.96. The zero-order chi connectivity index (χ0) is 10.4. The number of allylic oxidation sites excluding steroid dienone is 1. The molecule has 0 amide bonds. The minimum atomic E-state index is -0.728. The van der Waals surface area contributed by atoms with Crippen LogP contribution in [-0.4, -0.2) is 5.78 Å². The molecule has 0 aromatic carbocycles. The first-order valence-corrected chi connectivity index (χ1v) is 4.68. The second kappa shape index (κ2) is 5.37. The molecule has 0 spiro atoms. The number of halogens is 1. The summed E-state index contributed by atoms with van der Waals surface area (Å²) in [5.74, 6) is -0.816. The van der Waals surface area contributed by atoms with Crippen LogP contribution in [0.1, 0.15) is 31.9 Å². The lowest BCUT2D eigenvalue weighted by Crippen LogP contribution is -1.97. The Morgan fingerprint density at radius 2 is 2.43 bits per heavy atom. The molecule has 1 aromatic rings. The normalized spacial score (nSPS) is 11.7. The predicted molar refractivity (Wildman–Crippen MR) is 52.3 cm³/mol. The van der Waals surface area contributed by atoms with Crippen molar-refractivity contribution in [3.63, 3.8) is 0 Å². The predicted octanol–water partition coefficient (Wildman–Crippen LogP) is 3.35. The number of unbranched alkanes of at least 4 members (excludes halogenated alkanes) is 1. The maximum absolute atomic E-state index is 13.1. The van der Waals surface area contributed by atoms with E-state index in [0.717, 1.165) is 18.9 Å². The molecule has 1 rings (SSSR count). The maximum atomic E-state index is 13.1. The summed E-state index contributed by atoms with van der Waals surface area (Å²) in [4.78, 5) is 11.1. The van der Waals surface area contributed by atoms with Gasteiger partial charge in [0.25, 0.3) is 0 Å². The van der Waals surface area contributed by atoms with Gasteiger partial charge in [-0.3, -0.25) is 4.79 Å². The first-order chi connectivity index (χ1) is 6.74. The average Bonchev–Trinajstić information content (AvgIpc) is 2.66. The van der Waals surface area contributed by atoms with Crippen molar-refractivity contribution in [3.05, 3.63) is 30.0 Å². The van der Waals surface area contributed by atoms with Crippen LogP contribution in [0.3, 0.4) is 0 Å². The van der Waals surface area contributed by atoms with E-state index >= 15 is 0 Å². The summed E-state index contributed by atoms with van der Waals surface area (Å²) in [5, 5.41) is 0. The topological polar surface area (TPSA) is 30.2 Å². The molecule has 3 heteroatoms. The molecule has 0 radical (unpaired) electrons. The van der Waals surface area contributed by atoms with Gasteiger partial charge >= 0.3 is 0 Å². The molecule has 0 N–H and O–H groups in total. The van der Waals surface area contributed by atoms with Crippen LogP contribution in [0.15, 0.2) is 28.6 Å². The molecule has 0 bridgehead atoms. The second-order valence-corrected chi connectivity index (χ2v) is 3.03. The Morgan fingerprint density at radius 1 is 1.64 bits per heavy atom.